The molecule has 1 amide bonds. The molecule has 1 N–H and O–H groups in total. The summed E-state index contributed by atoms with van der Waals surface area (Å²) in [6.07, 6.45) is 5.08. The van der Waals surface area contributed by atoms with E-state index in [9.17, 15) is 9.90 Å². The topological polar surface area (TPSA) is 49.8 Å². The van der Waals surface area contributed by atoms with E-state index in [4.69, 9.17) is 4.74 Å². The molecule has 0 radical (unpaired) electrons. The monoisotopic (exact) mass is 291 g/mol. The highest BCUT2D eigenvalue weighted by Gasteiger charge is 2.24. The molecule has 1 aliphatic heterocycles. The standard InChI is InChI=1S/C17H25NO3/c1-2-14-7-9-16(10-8-14)21-13-17(20)18-11-5-3-4-6-15(18)12-19/h7-10,15,19H,2-6,11-13H2,1H3. The molecule has 1 heterocycles. The normalized spacial score (nSPS) is 19.1. The molecule has 0 bridgehead atoms. The Morgan fingerprint density at radius 3 is 2.71 bits per heavy atom. The summed E-state index contributed by atoms with van der Waals surface area (Å²) in [4.78, 5) is 14.1. The van der Waals surface area contributed by atoms with Gasteiger partial charge in [0.2, 0.25) is 0 Å². The Kier molecular flexibility index (Phi) is 6.05. The van der Waals surface area contributed by atoms with Crippen molar-refractivity contribution in [2.75, 3.05) is 19.8 Å². The lowest BCUT2D eigenvalue weighted by molar-refractivity contribution is -0.136. The largest absolute Gasteiger partial charge is 0.484 e. The maximum Gasteiger partial charge on any atom is 0.260 e. The molecule has 0 aromatic heterocycles. The lowest BCUT2D eigenvalue weighted by Gasteiger charge is -2.28. The number of amides is 1. The lowest BCUT2D eigenvalue weighted by atomic mass is 10.1. The van der Waals surface area contributed by atoms with E-state index >= 15 is 0 Å². The van der Waals surface area contributed by atoms with Gasteiger partial charge in [-0.1, -0.05) is 31.9 Å². The maximum absolute atomic E-state index is 12.3. The van der Waals surface area contributed by atoms with Crippen LogP contribution in [0.5, 0.6) is 5.75 Å². The average Bonchev–Trinajstić information content (AvgIpc) is 2.78. The van der Waals surface area contributed by atoms with Crippen molar-refractivity contribution in [1.29, 1.82) is 0 Å². The first kappa shape index (κ1) is 15.8. The van der Waals surface area contributed by atoms with Crippen LogP contribution < -0.4 is 4.74 Å². The number of likely N-dealkylation sites (tertiary alicyclic amines) is 1. The van der Waals surface area contributed by atoms with Gasteiger partial charge in [0.1, 0.15) is 5.75 Å². The van der Waals surface area contributed by atoms with Crippen molar-refractivity contribution in [3.8, 4) is 5.75 Å². The quantitative estimate of drug-likeness (QED) is 0.906. The number of hydrogen-bond acceptors (Lipinski definition) is 3. The second kappa shape index (κ2) is 8.03. The highest BCUT2D eigenvalue weighted by Crippen LogP contribution is 2.17. The molecule has 1 saturated heterocycles. The predicted octanol–water partition coefficient (Wildman–Crippen LogP) is 2.39. The van der Waals surface area contributed by atoms with Crippen LogP contribution in [0.4, 0.5) is 0 Å². The van der Waals surface area contributed by atoms with Crippen LogP contribution in [0.1, 0.15) is 38.2 Å². The summed E-state index contributed by atoms with van der Waals surface area (Å²) in [5.74, 6) is 0.687. The number of aliphatic hydroxyl groups excluding tert-OH is 1. The molecular weight excluding hydrogens is 266 g/mol. The van der Waals surface area contributed by atoms with E-state index in [0.29, 0.717) is 0 Å². The van der Waals surface area contributed by atoms with Crippen molar-refractivity contribution >= 4 is 5.91 Å². The molecular formula is C17H25NO3. The Morgan fingerprint density at radius 2 is 2.05 bits per heavy atom. The van der Waals surface area contributed by atoms with Gasteiger partial charge in [0.05, 0.1) is 12.6 Å². The first-order chi connectivity index (χ1) is 10.2. The lowest BCUT2D eigenvalue weighted by Crippen LogP contribution is -2.44. The van der Waals surface area contributed by atoms with Gasteiger partial charge in [0, 0.05) is 6.54 Å². The Balaban J connectivity index is 1.89. The zero-order chi connectivity index (χ0) is 15.1. The summed E-state index contributed by atoms with van der Waals surface area (Å²) in [5, 5.41) is 9.44. The molecule has 0 aliphatic carbocycles. The van der Waals surface area contributed by atoms with Gasteiger partial charge in [-0.3, -0.25) is 4.79 Å². The van der Waals surface area contributed by atoms with Gasteiger partial charge in [-0.05, 0) is 37.0 Å². The Bertz CT molecular complexity index is 444. The molecule has 2 rings (SSSR count). The number of benzene rings is 1. The van der Waals surface area contributed by atoms with Crippen LogP contribution in [0.3, 0.4) is 0 Å². The fraction of sp³-hybridized carbons (Fsp3) is 0.588. The van der Waals surface area contributed by atoms with Gasteiger partial charge in [0.15, 0.2) is 6.61 Å². The Morgan fingerprint density at radius 1 is 1.29 bits per heavy atom. The van der Waals surface area contributed by atoms with Crippen molar-refractivity contribution in [1.82, 2.24) is 4.90 Å². The third kappa shape index (κ3) is 4.46. The second-order valence-corrected chi connectivity index (χ2v) is 5.56. The van der Waals surface area contributed by atoms with E-state index in [1.807, 2.05) is 24.3 Å². The van der Waals surface area contributed by atoms with E-state index in [2.05, 4.69) is 6.92 Å². The molecule has 1 aliphatic rings. The van der Waals surface area contributed by atoms with Crippen LogP contribution in [0.2, 0.25) is 0 Å². The molecule has 1 fully saturated rings. The van der Waals surface area contributed by atoms with E-state index in [1.54, 1.807) is 4.90 Å². The van der Waals surface area contributed by atoms with Crippen LogP contribution >= 0.6 is 0 Å². The third-order valence-electron chi connectivity index (χ3n) is 4.10. The number of nitrogens with zero attached hydrogens (tertiary/aromatic N) is 1. The van der Waals surface area contributed by atoms with Crippen molar-refractivity contribution in [3.63, 3.8) is 0 Å². The number of rotatable bonds is 5. The number of aryl methyl sites for hydroxylation is 1. The first-order valence-corrected chi connectivity index (χ1v) is 7.86. The maximum atomic E-state index is 12.3. The number of aliphatic hydroxyl groups is 1. The van der Waals surface area contributed by atoms with E-state index in [0.717, 1.165) is 44.4 Å². The molecule has 1 unspecified atom stereocenters. The SMILES string of the molecule is CCc1ccc(OCC(=O)N2CCCCCC2CO)cc1. The minimum absolute atomic E-state index is 0.0319. The zero-order valence-electron chi connectivity index (χ0n) is 12.8. The molecule has 4 nitrogen and oxygen atoms in total. The summed E-state index contributed by atoms with van der Waals surface area (Å²) in [6, 6.07) is 7.78. The first-order valence-electron chi connectivity index (χ1n) is 7.86. The van der Waals surface area contributed by atoms with Crippen LogP contribution in [0.25, 0.3) is 0 Å². The summed E-state index contributed by atoms with van der Waals surface area (Å²) < 4.78 is 5.58. The molecule has 0 spiro atoms. The van der Waals surface area contributed by atoms with Crippen LogP contribution in [-0.2, 0) is 11.2 Å². The van der Waals surface area contributed by atoms with Crippen molar-refractivity contribution in [3.05, 3.63) is 29.8 Å². The number of carbonyl (C=O) groups is 1. The summed E-state index contributed by atoms with van der Waals surface area (Å²) in [6.45, 7) is 2.91. The fourth-order valence-electron chi connectivity index (χ4n) is 2.74. The van der Waals surface area contributed by atoms with Crippen LogP contribution in [-0.4, -0.2) is 41.7 Å². The summed E-state index contributed by atoms with van der Waals surface area (Å²) in [7, 11) is 0. The highest BCUT2D eigenvalue weighted by atomic mass is 16.5. The van der Waals surface area contributed by atoms with E-state index in [-0.39, 0.29) is 25.2 Å². The minimum atomic E-state index is -0.0499. The minimum Gasteiger partial charge on any atom is -0.484 e. The average molecular weight is 291 g/mol. The smallest absolute Gasteiger partial charge is 0.260 e. The number of hydrogen-bond donors (Lipinski definition) is 1. The van der Waals surface area contributed by atoms with Gasteiger partial charge in [-0.25, -0.2) is 0 Å². The van der Waals surface area contributed by atoms with Crippen LogP contribution in [0, 0.1) is 0 Å². The molecule has 116 valence electrons. The van der Waals surface area contributed by atoms with Crippen LogP contribution in [0.15, 0.2) is 24.3 Å². The zero-order valence-corrected chi connectivity index (χ0v) is 12.8. The molecule has 1 aromatic carbocycles. The number of carbonyl (C=O) groups excluding carboxylic acids is 1. The Labute approximate surface area is 126 Å². The fourth-order valence-corrected chi connectivity index (χ4v) is 2.74. The molecule has 1 aromatic rings. The summed E-state index contributed by atoms with van der Waals surface area (Å²) in [5.41, 5.74) is 1.25. The van der Waals surface area contributed by atoms with Gasteiger partial charge in [0.25, 0.3) is 5.91 Å². The van der Waals surface area contributed by atoms with Gasteiger partial charge in [-0.15, -0.1) is 0 Å². The van der Waals surface area contributed by atoms with E-state index in [1.165, 1.54) is 5.56 Å². The Hall–Kier alpha value is -1.55. The molecule has 0 saturated carbocycles. The highest BCUT2D eigenvalue weighted by molar-refractivity contribution is 5.78. The van der Waals surface area contributed by atoms with Gasteiger partial charge < -0.3 is 14.7 Å². The molecule has 4 heteroatoms. The number of ether oxygens (including phenoxy) is 1. The predicted molar refractivity (Wildman–Crippen MR) is 82.4 cm³/mol. The molecule has 21 heavy (non-hydrogen) atoms. The van der Waals surface area contributed by atoms with Crippen molar-refractivity contribution < 1.29 is 14.6 Å². The summed E-state index contributed by atoms with van der Waals surface area (Å²) >= 11 is 0. The van der Waals surface area contributed by atoms with Crippen molar-refractivity contribution in [2.45, 2.75) is 45.1 Å². The third-order valence-corrected chi connectivity index (χ3v) is 4.10. The van der Waals surface area contributed by atoms with E-state index < -0.39 is 0 Å². The van der Waals surface area contributed by atoms with Gasteiger partial charge in [-0.2, -0.15) is 0 Å². The molecule has 1 atom stereocenters. The second-order valence-electron chi connectivity index (χ2n) is 5.56. The van der Waals surface area contributed by atoms with Crippen molar-refractivity contribution in [2.24, 2.45) is 0 Å². The van der Waals surface area contributed by atoms with Gasteiger partial charge >= 0.3 is 0 Å².